The van der Waals surface area contributed by atoms with Crippen LogP contribution in [0.2, 0.25) is 0 Å². The van der Waals surface area contributed by atoms with E-state index in [1.807, 2.05) is 25.1 Å². The van der Waals surface area contributed by atoms with Gasteiger partial charge in [-0.25, -0.2) is 5.43 Å². The quantitative estimate of drug-likeness (QED) is 0.875. The molecule has 0 aliphatic carbocycles. The van der Waals surface area contributed by atoms with Crippen LogP contribution in [0, 0.1) is 0 Å². The lowest BCUT2D eigenvalue weighted by Crippen LogP contribution is -2.43. The van der Waals surface area contributed by atoms with Crippen molar-refractivity contribution < 1.29 is 9.59 Å². The number of nitrogens with one attached hydrogen (secondary N) is 1. The Morgan fingerprint density at radius 2 is 2.05 bits per heavy atom. The summed E-state index contributed by atoms with van der Waals surface area (Å²) in [5.74, 6) is 0.776. The molecule has 0 bridgehead atoms. The van der Waals surface area contributed by atoms with Crippen LogP contribution in [-0.2, 0) is 16.0 Å². The molecule has 1 aliphatic rings. The summed E-state index contributed by atoms with van der Waals surface area (Å²) in [7, 11) is 0. The van der Waals surface area contributed by atoms with Gasteiger partial charge in [-0.2, -0.15) is 0 Å². The molecule has 2 rings (SSSR count). The van der Waals surface area contributed by atoms with E-state index in [1.54, 1.807) is 11.9 Å². The highest BCUT2D eigenvalue weighted by Gasteiger charge is 2.34. The Morgan fingerprint density at radius 1 is 1.32 bits per heavy atom. The Bertz CT molecular complexity index is 507. The van der Waals surface area contributed by atoms with Crippen molar-refractivity contribution in [3.8, 4) is 0 Å². The zero-order valence-corrected chi connectivity index (χ0v) is 14.1. The van der Waals surface area contributed by atoms with E-state index in [4.69, 9.17) is 0 Å². The average molecular weight is 320 g/mol. The van der Waals surface area contributed by atoms with Gasteiger partial charge in [0.1, 0.15) is 0 Å². The van der Waals surface area contributed by atoms with Gasteiger partial charge in [-0.05, 0) is 30.6 Å². The molecule has 4 nitrogen and oxygen atoms in total. The predicted molar refractivity (Wildman–Crippen MR) is 90.4 cm³/mol. The maximum Gasteiger partial charge on any atom is 0.233 e. The van der Waals surface area contributed by atoms with Crippen molar-refractivity contribution in [3.05, 3.63) is 35.9 Å². The second kappa shape index (κ2) is 8.34. The molecule has 5 heteroatoms. The van der Waals surface area contributed by atoms with E-state index in [2.05, 4.69) is 17.6 Å². The average Bonchev–Trinajstić information content (AvgIpc) is 2.89. The van der Waals surface area contributed by atoms with E-state index in [0.717, 1.165) is 25.0 Å². The Hall–Kier alpha value is -1.33. The minimum atomic E-state index is -0.0125. The number of amides is 1. The highest BCUT2D eigenvalue weighted by Crippen LogP contribution is 2.23. The number of aryl methyl sites for hydroxylation is 1. The molecule has 22 heavy (non-hydrogen) atoms. The fraction of sp³-hybridized carbons (Fsp3) is 0.529. The normalized spacial score (nSPS) is 21.1. The predicted octanol–water partition coefficient (Wildman–Crippen LogP) is 2.78. The minimum absolute atomic E-state index is 0.00942. The Morgan fingerprint density at radius 3 is 2.68 bits per heavy atom. The highest BCUT2D eigenvalue weighted by atomic mass is 32.2. The van der Waals surface area contributed by atoms with Crippen LogP contribution in [0.1, 0.15) is 38.7 Å². The van der Waals surface area contributed by atoms with Crippen molar-refractivity contribution in [2.75, 3.05) is 5.75 Å². The van der Waals surface area contributed by atoms with E-state index in [0.29, 0.717) is 6.42 Å². The maximum atomic E-state index is 11.9. The topological polar surface area (TPSA) is 49.4 Å². The van der Waals surface area contributed by atoms with Gasteiger partial charge in [-0.1, -0.05) is 49.0 Å². The van der Waals surface area contributed by atoms with Gasteiger partial charge in [0.25, 0.3) is 0 Å². The molecule has 2 atom stereocenters. The van der Waals surface area contributed by atoms with Crippen LogP contribution in [-0.4, -0.2) is 33.9 Å². The largest absolute Gasteiger partial charge is 0.287 e. The van der Waals surface area contributed by atoms with Crippen LogP contribution in [0.25, 0.3) is 0 Å². The van der Waals surface area contributed by atoms with E-state index >= 15 is 0 Å². The Kier molecular flexibility index (Phi) is 6.46. The minimum Gasteiger partial charge on any atom is -0.287 e. The smallest absolute Gasteiger partial charge is 0.233 e. The summed E-state index contributed by atoms with van der Waals surface area (Å²) >= 11 is 1.34. The summed E-state index contributed by atoms with van der Waals surface area (Å²) in [6.07, 6.45) is 3.24. The number of thioether (sulfide) groups is 1. The number of benzene rings is 1. The fourth-order valence-corrected chi connectivity index (χ4v) is 3.52. The van der Waals surface area contributed by atoms with E-state index in [9.17, 15) is 9.59 Å². The van der Waals surface area contributed by atoms with Crippen LogP contribution in [0.3, 0.4) is 0 Å². The van der Waals surface area contributed by atoms with Crippen molar-refractivity contribution >= 4 is 22.8 Å². The number of hydrogen-bond donors (Lipinski definition) is 1. The highest BCUT2D eigenvalue weighted by molar-refractivity contribution is 8.13. The van der Waals surface area contributed by atoms with Gasteiger partial charge >= 0.3 is 0 Å². The van der Waals surface area contributed by atoms with Gasteiger partial charge in [-0.3, -0.25) is 14.6 Å². The summed E-state index contributed by atoms with van der Waals surface area (Å²) in [5, 5.41) is 1.83. The number of carbonyl (C=O) groups excluding carboxylic acids is 2. The second-order valence-electron chi connectivity index (χ2n) is 5.64. The van der Waals surface area contributed by atoms with Crippen LogP contribution in [0.5, 0.6) is 0 Å². The monoisotopic (exact) mass is 320 g/mol. The van der Waals surface area contributed by atoms with Crippen LogP contribution >= 0.6 is 11.8 Å². The third kappa shape index (κ3) is 4.85. The molecule has 1 amide bonds. The Labute approximate surface area is 136 Å². The standard InChI is InChI=1S/C17H24N2O2S/c1-3-22-17(21)12-16-11-15(18-19(16)13(2)20)10-9-14-7-5-4-6-8-14/h4-8,15-16,18H,3,9-12H2,1-2H3/t15-,16?/m0/s1. The molecule has 0 saturated carbocycles. The van der Waals surface area contributed by atoms with E-state index < -0.39 is 0 Å². The molecule has 1 aliphatic heterocycles. The zero-order valence-electron chi connectivity index (χ0n) is 13.2. The number of rotatable bonds is 6. The zero-order chi connectivity index (χ0) is 15.9. The first-order chi connectivity index (χ1) is 10.6. The summed E-state index contributed by atoms with van der Waals surface area (Å²) < 4.78 is 0. The molecular formula is C17H24N2O2S. The van der Waals surface area contributed by atoms with Crippen LogP contribution in [0.4, 0.5) is 0 Å². The molecule has 1 heterocycles. The molecular weight excluding hydrogens is 296 g/mol. The molecule has 0 aromatic heterocycles. The van der Waals surface area contributed by atoms with Gasteiger partial charge in [0.15, 0.2) is 5.12 Å². The molecule has 120 valence electrons. The van der Waals surface area contributed by atoms with Crippen molar-refractivity contribution in [2.24, 2.45) is 0 Å². The summed E-state index contributed by atoms with van der Waals surface area (Å²) in [6, 6.07) is 10.6. The van der Waals surface area contributed by atoms with Crippen LogP contribution < -0.4 is 5.43 Å². The van der Waals surface area contributed by atoms with Crippen molar-refractivity contribution in [1.82, 2.24) is 10.4 Å². The number of carbonyl (C=O) groups is 2. The van der Waals surface area contributed by atoms with E-state index in [1.165, 1.54) is 17.3 Å². The van der Waals surface area contributed by atoms with Crippen molar-refractivity contribution in [2.45, 2.75) is 51.6 Å². The molecule has 1 aromatic carbocycles. The maximum absolute atomic E-state index is 11.9. The summed E-state index contributed by atoms with van der Waals surface area (Å²) in [5.41, 5.74) is 4.59. The number of nitrogens with zero attached hydrogens (tertiary/aromatic N) is 1. The first-order valence-electron chi connectivity index (χ1n) is 7.85. The molecule has 1 N–H and O–H groups in total. The molecule has 0 radical (unpaired) electrons. The van der Waals surface area contributed by atoms with Gasteiger partial charge in [0.05, 0.1) is 6.04 Å². The van der Waals surface area contributed by atoms with Crippen molar-refractivity contribution in [1.29, 1.82) is 0 Å². The Balaban J connectivity index is 1.89. The molecule has 1 saturated heterocycles. The summed E-state index contributed by atoms with van der Waals surface area (Å²) in [6.45, 7) is 3.53. The first-order valence-corrected chi connectivity index (χ1v) is 8.84. The SMILES string of the molecule is CCSC(=O)CC1C[C@H](CCc2ccccc2)NN1C(C)=O. The third-order valence-corrected chi connectivity index (χ3v) is 4.69. The summed E-state index contributed by atoms with van der Waals surface area (Å²) in [4.78, 5) is 23.6. The molecule has 1 unspecified atom stereocenters. The van der Waals surface area contributed by atoms with Gasteiger partial charge in [0, 0.05) is 19.4 Å². The first kappa shape index (κ1) is 17.0. The van der Waals surface area contributed by atoms with Gasteiger partial charge in [0.2, 0.25) is 5.91 Å². The van der Waals surface area contributed by atoms with Gasteiger partial charge in [-0.15, -0.1) is 0 Å². The number of hydrogen-bond acceptors (Lipinski definition) is 4. The molecule has 1 aromatic rings. The lowest BCUT2D eigenvalue weighted by molar-refractivity contribution is -0.133. The third-order valence-electron chi connectivity index (χ3n) is 3.91. The van der Waals surface area contributed by atoms with Crippen molar-refractivity contribution in [3.63, 3.8) is 0 Å². The van der Waals surface area contributed by atoms with Gasteiger partial charge < -0.3 is 0 Å². The molecule has 1 fully saturated rings. The van der Waals surface area contributed by atoms with Crippen LogP contribution in [0.15, 0.2) is 30.3 Å². The fourth-order valence-electron chi connectivity index (χ4n) is 2.89. The van der Waals surface area contributed by atoms with E-state index in [-0.39, 0.29) is 23.1 Å². The second-order valence-corrected chi connectivity index (χ2v) is 6.96. The lowest BCUT2D eigenvalue weighted by Gasteiger charge is -2.22. The lowest BCUT2D eigenvalue weighted by atomic mass is 10.0. The molecule has 0 spiro atoms. The number of hydrazine groups is 1.